The first-order valence-electron chi connectivity index (χ1n) is 7.58. The van der Waals surface area contributed by atoms with Crippen LogP contribution in [0.4, 0.5) is 10.5 Å². The van der Waals surface area contributed by atoms with Crippen molar-refractivity contribution < 1.29 is 4.79 Å². The van der Waals surface area contributed by atoms with Crippen molar-refractivity contribution in [2.24, 2.45) is 0 Å². The van der Waals surface area contributed by atoms with Gasteiger partial charge in [0.25, 0.3) is 0 Å². The van der Waals surface area contributed by atoms with E-state index in [9.17, 15) is 4.79 Å². The highest BCUT2D eigenvalue weighted by atomic mass is 16.2. The molecule has 2 aliphatic carbocycles. The van der Waals surface area contributed by atoms with Gasteiger partial charge in [-0.15, -0.1) is 0 Å². The number of anilines is 1. The van der Waals surface area contributed by atoms with Gasteiger partial charge in [-0.2, -0.15) is 0 Å². The Bertz CT molecular complexity index is 704. The van der Waals surface area contributed by atoms with Gasteiger partial charge in [-0.25, -0.2) is 4.79 Å². The first kappa shape index (κ1) is 12.5. The van der Waals surface area contributed by atoms with Crippen LogP contribution >= 0.6 is 0 Å². The van der Waals surface area contributed by atoms with Crippen molar-refractivity contribution in [2.75, 3.05) is 5.32 Å². The van der Waals surface area contributed by atoms with Crippen LogP contribution in [-0.2, 0) is 6.42 Å². The molecule has 106 valence electrons. The number of hydrogen-bond acceptors (Lipinski definition) is 1. The van der Waals surface area contributed by atoms with E-state index in [-0.39, 0.29) is 6.03 Å². The van der Waals surface area contributed by atoms with Crippen LogP contribution in [-0.4, -0.2) is 12.1 Å². The zero-order valence-electron chi connectivity index (χ0n) is 11.9. The van der Waals surface area contributed by atoms with Crippen molar-refractivity contribution >= 4 is 11.7 Å². The Morgan fingerprint density at radius 2 is 1.81 bits per heavy atom. The first-order valence-corrected chi connectivity index (χ1v) is 7.58. The van der Waals surface area contributed by atoms with Gasteiger partial charge in [-0.3, -0.25) is 0 Å². The average Bonchev–Trinajstić information content (AvgIpc) is 2.80. The fourth-order valence-electron chi connectivity index (χ4n) is 3.13. The van der Waals surface area contributed by atoms with E-state index in [0.29, 0.717) is 6.04 Å². The van der Waals surface area contributed by atoms with E-state index in [4.69, 9.17) is 0 Å². The molecule has 0 aliphatic heterocycles. The molecule has 2 amide bonds. The summed E-state index contributed by atoms with van der Waals surface area (Å²) in [5.41, 5.74) is 6.13. The number of benzene rings is 2. The van der Waals surface area contributed by atoms with Gasteiger partial charge in [0.05, 0.1) is 0 Å². The highest BCUT2D eigenvalue weighted by Crippen LogP contribution is 2.37. The van der Waals surface area contributed by atoms with Crippen molar-refractivity contribution in [1.29, 1.82) is 0 Å². The minimum atomic E-state index is -0.0878. The van der Waals surface area contributed by atoms with E-state index < -0.39 is 0 Å². The lowest BCUT2D eigenvalue weighted by Gasteiger charge is -2.26. The SMILES string of the molecule is O=C(Nc1ccc2c(c1)Cc1ccccc1-2)NC1CCC1. The summed E-state index contributed by atoms with van der Waals surface area (Å²) in [6.45, 7) is 0. The van der Waals surface area contributed by atoms with Crippen molar-refractivity contribution in [3.8, 4) is 11.1 Å². The molecule has 0 heterocycles. The van der Waals surface area contributed by atoms with Gasteiger partial charge in [0, 0.05) is 11.7 Å². The van der Waals surface area contributed by atoms with Crippen LogP contribution in [0.2, 0.25) is 0 Å². The van der Waals surface area contributed by atoms with Crippen molar-refractivity contribution in [3.05, 3.63) is 53.6 Å². The molecular formula is C18H18N2O. The fourth-order valence-corrected chi connectivity index (χ4v) is 3.13. The van der Waals surface area contributed by atoms with Gasteiger partial charge in [-0.1, -0.05) is 30.3 Å². The van der Waals surface area contributed by atoms with Crippen molar-refractivity contribution in [2.45, 2.75) is 31.7 Å². The normalized spacial score (nSPS) is 15.8. The number of urea groups is 1. The lowest BCUT2D eigenvalue weighted by atomic mass is 9.93. The molecule has 2 aliphatic rings. The number of carbonyl (C=O) groups is 1. The van der Waals surface area contributed by atoms with E-state index in [1.165, 1.54) is 28.7 Å². The Hall–Kier alpha value is -2.29. The molecule has 2 N–H and O–H groups in total. The maximum Gasteiger partial charge on any atom is 0.319 e. The van der Waals surface area contributed by atoms with Crippen LogP contribution in [0.15, 0.2) is 42.5 Å². The maximum absolute atomic E-state index is 11.9. The molecule has 2 aromatic carbocycles. The van der Waals surface area contributed by atoms with Gasteiger partial charge in [-0.05, 0) is 60.1 Å². The van der Waals surface area contributed by atoms with E-state index >= 15 is 0 Å². The summed E-state index contributed by atoms with van der Waals surface area (Å²) >= 11 is 0. The first-order chi connectivity index (χ1) is 10.3. The number of rotatable bonds is 2. The lowest BCUT2D eigenvalue weighted by Crippen LogP contribution is -2.41. The number of carbonyl (C=O) groups excluding carboxylic acids is 1. The third kappa shape index (κ3) is 2.29. The number of nitrogens with one attached hydrogen (secondary N) is 2. The smallest absolute Gasteiger partial charge is 0.319 e. The summed E-state index contributed by atoms with van der Waals surface area (Å²) in [4.78, 5) is 11.9. The molecule has 3 heteroatoms. The maximum atomic E-state index is 11.9. The molecule has 2 aromatic rings. The summed E-state index contributed by atoms with van der Waals surface area (Å²) in [6, 6.07) is 15.0. The molecule has 0 saturated heterocycles. The third-order valence-corrected chi connectivity index (χ3v) is 4.49. The van der Waals surface area contributed by atoms with E-state index in [1.54, 1.807) is 0 Å². The average molecular weight is 278 g/mol. The van der Waals surface area contributed by atoms with E-state index in [2.05, 4.69) is 47.0 Å². The van der Waals surface area contributed by atoms with E-state index in [1.807, 2.05) is 6.07 Å². The molecule has 3 nitrogen and oxygen atoms in total. The molecular weight excluding hydrogens is 260 g/mol. The van der Waals surface area contributed by atoms with Crippen LogP contribution in [0, 0.1) is 0 Å². The molecule has 0 atom stereocenters. The zero-order chi connectivity index (χ0) is 14.2. The number of amides is 2. The third-order valence-electron chi connectivity index (χ3n) is 4.49. The fraction of sp³-hybridized carbons (Fsp3) is 0.278. The Morgan fingerprint density at radius 3 is 2.62 bits per heavy atom. The molecule has 21 heavy (non-hydrogen) atoms. The van der Waals surface area contributed by atoms with Crippen LogP contribution in [0.25, 0.3) is 11.1 Å². The number of hydrogen-bond donors (Lipinski definition) is 2. The topological polar surface area (TPSA) is 41.1 Å². The minimum absolute atomic E-state index is 0.0878. The van der Waals surface area contributed by atoms with Crippen molar-refractivity contribution in [3.63, 3.8) is 0 Å². The second-order valence-corrected chi connectivity index (χ2v) is 5.93. The molecule has 0 radical (unpaired) electrons. The summed E-state index contributed by atoms with van der Waals surface area (Å²) in [5.74, 6) is 0. The summed E-state index contributed by atoms with van der Waals surface area (Å²) in [6.07, 6.45) is 4.38. The Labute approximate surface area is 124 Å². The highest BCUT2D eigenvalue weighted by Gasteiger charge is 2.20. The molecule has 1 fully saturated rings. The predicted molar refractivity (Wildman–Crippen MR) is 84.5 cm³/mol. The monoisotopic (exact) mass is 278 g/mol. The molecule has 0 spiro atoms. The Kier molecular flexibility index (Phi) is 2.92. The van der Waals surface area contributed by atoms with Crippen LogP contribution in [0.1, 0.15) is 30.4 Å². The zero-order valence-corrected chi connectivity index (χ0v) is 11.9. The second-order valence-electron chi connectivity index (χ2n) is 5.93. The molecule has 1 saturated carbocycles. The molecule has 0 unspecified atom stereocenters. The molecule has 0 bridgehead atoms. The second kappa shape index (κ2) is 4.92. The standard InChI is InChI=1S/C18H18N2O/c21-18(19-14-5-3-6-14)20-15-8-9-17-13(11-15)10-12-4-1-2-7-16(12)17/h1-2,4,7-9,11,14H,3,5-6,10H2,(H2,19,20,21). The van der Waals surface area contributed by atoms with Gasteiger partial charge in [0.2, 0.25) is 0 Å². The van der Waals surface area contributed by atoms with Gasteiger partial charge < -0.3 is 10.6 Å². The summed E-state index contributed by atoms with van der Waals surface area (Å²) in [5, 5.41) is 5.95. The van der Waals surface area contributed by atoms with Crippen molar-refractivity contribution in [1.82, 2.24) is 5.32 Å². The van der Waals surface area contributed by atoms with Crippen LogP contribution in [0.3, 0.4) is 0 Å². The predicted octanol–water partition coefficient (Wildman–Crippen LogP) is 3.93. The highest BCUT2D eigenvalue weighted by molar-refractivity contribution is 5.90. The molecule has 4 rings (SSSR count). The van der Waals surface area contributed by atoms with Crippen LogP contribution < -0.4 is 10.6 Å². The molecule has 0 aromatic heterocycles. The van der Waals surface area contributed by atoms with Crippen LogP contribution in [0.5, 0.6) is 0 Å². The number of fused-ring (bicyclic) bond motifs is 3. The minimum Gasteiger partial charge on any atom is -0.335 e. The van der Waals surface area contributed by atoms with Gasteiger partial charge >= 0.3 is 6.03 Å². The summed E-state index contributed by atoms with van der Waals surface area (Å²) < 4.78 is 0. The summed E-state index contributed by atoms with van der Waals surface area (Å²) in [7, 11) is 0. The Balaban J connectivity index is 1.51. The Morgan fingerprint density at radius 1 is 1.00 bits per heavy atom. The lowest BCUT2D eigenvalue weighted by molar-refractivity contribution is 0.240. The van der Waals surface area contributed by atoms with Gasteiger partial charge in [0.1, 0.15) is 0 Å². The van der Waals surface area contributed by atoms with Gasteiger partial charge in [0.15, 0.2) is 0 Å². The van der Waals surface area contributed by atoms with E-state index in [0.717, 1.165) is 24.9 Å². The largest absolute Gasteiger partial charge is 0.335 e. The quantitative estimate of drug-likeness (QED) is 0.732.